The molecule has 1 amide bonds. The molecule has 0 fully saturated rings. The Morgan fingerprint density at radius 2 is 1.79 bits per heavy atom. The quantitative estimate of drug-likeness (QED) is 0.802. The molecule has 2 aromatic carbocycles. The van der Waals surface area contributed by atoms with Crippen LogP contribution in [-0.2, 0) is 4.79 Å². The predicted molar refractivity (Wildman–Crippen MR) is 86.5 cm³/mol. The fourth-order valence-corrected chi connectivity index (χ4v) is 2.49. The van der Waals surface area contributed by atoms with Crippen molar-refractivity contribution in [1.82, 2.24) is 10.5 Å². The second kappa shape index (κ2) is 5.73. The highest BCUT2D eigenvalue weighted by molar-refractivity contribution is 5.81. The van der Waals surface area contributed by atoms with E-state index in [1.54, 1.807) is 12.1 Å². The molecule has 1 aliphatic heterocycles. The van der Waals surface area contributed by atoms with Crippen molar-refractivity contribution in [2.24, 2.45) is 0 Å². The van der Waals surface area contributed by atoms with E-state index in [4.69, 9.17) is 14.0 Å². The Morgan fingerprint density at radius 3 is 2.58 bits per heavy atom. The summed E-state index contributed by atoms with van der Waals surface area (Å²) in [6.07, 6.45) is -0.963. The molecule has 0 saturated carbocycles. The molecule has 4 rings (SSSR count). The molecule has 6 nitrogen and oxygen atoms in total. The van der Waals surface area contributed by atoms with Gasteiger partial charge in [-0.15, -0.1) is 0 Å². The number of ether oxygens (including phenoxy) is 2. The average molecular weight is 322 g/mol. The van der Waals surface area contributed by atoms with E-state index in [1.165, 1.54) is 7.05 Å². The number of likely N-dealkylation sites (N-methyl/N-ethyl adjacent to an activating group) is 1. The molecular formula is C18H14N2O4. The van der Waals surface area contributed by atoms with Crippen LogP contribution in [-0.4, -0.2) is 24.4 Å². The summed E-state index contributed by atoms with van der Waals surface area (Å²) < 4.78 is 16.4. The number of carbonyl (C=O) groups excluding carboxylic acids is 1. The maximum absolute atomic E-state index is 11.6. The van der Waals surface area contributed by atoms with Gasteiger partial charge in [0.05, 0.1) is 0 Å². The molecule has 1 unspecified atom stereocenters. The van der Waals surface area contributed by atoms with E-state index in [2.05, 4.69) is 10.5 Å². The molecule has 0 bridgehead atoms. The van der Waals surface area contributed by atoms with Crippen LogP contribution < -0.4 is 14.8 Å². The molecule has 0 radical (unpaired) electrons. The van der Waals surface area contributed by atoms with Gasteiger partial charge in [0.2, 0.25) is 0 Å². The van der Waals surface area contributed by atoms with Gasteiger partial charge >= 0.3 is 12.2 Å². The number of rotatable bonds is 3. The summed E-state index contributed by atoms with van der Waals surface area (Å²) in [6, 6.07) is 17.0. The molecule has 2 heterocycles. The van der Waals surface area contributed by atoms with Gasteiger partial charge in [-0.05, 0) is 18.2 Å². The van der Waals surface area contributed by atoms with Crippen molar-refractivity contribution in [1.29, 1.82) is 0 Å². The van der Waals surface area contributed by atoms with Crippen LogP contribution in [0, 0.1) is 0 Å². The number of hydrogen-bond acceptors (Lipinski definition) is 5. The van der Waals surface area contributed by atoms with Gasteiger partial charge in [0, 0.05) is 24.2 Å². The van der Waals surface area contributed by atoms with Gasteiger partial charge in [0.1, 0.15) is 5.69 Å². The number of hydrogen-bond donors (Lipinski definition) is 1. The first-order chi connectivity index (χ1) is 11.7. The number of carbonyl (C=O) groups is 1. The van der Waals surface area contributed by atoms with Gasteiger partial charge in [0.25, 0.3) is 0 Å². The maximum atomic E-state index is 11.6. The smallest absolute Gasteiger partial charge is 0.321 e. The molecule has 0 spiro atoms. The van der Waals surface area contributed by atoms with Crippen LogP contribution in [0.3, 0.4) is 0 Å². The monoisotopic (exact) mass is 322 g/mol. The van der Waals surface area contributed by atoms with E-state index >= 15 is 0 Å². The molecule has 1 aromatic heterocycles. The van der Waals surface area contributed by atoms with E-state index in [0.717, 1.165) is 16.8 Å². The Kier molecular flexibility index (Phi) is 3.42. The molecule has 1 aliphatic rings. The molecular weight excluding hydrogens is 308 g/mol. The summed E-state index contributed by atoms with van der Waals surface area (Å²) in [5.41, 5.74) is 2.53. The van der Waals surface area contributed by atoms with E-state index in [9.17, 15) is 4.79 Å². The van der Waals surface area contributed by atoms with Crippen LogP contribution >= 0.6 is 0 Å². The average Bonchev–Trinajstić information content (AvgIpc) is 3.28. The molecule has 6 heteroatoms. The van der Waals surface area contributed by atoms with Gasteiger partial charge in [-0.25, -0.2) is 0 Å². The number of nitrogens with zero attached hydrogens (tertiary/aromatic N) is 1. The van der Waals surface area contributed by atoms with Gasteiger partial charge in [-0.2, -0.15) is 0 Å². The van der Waals surface area contributed by atoms with Crippen LogP contribution in [0.4, 0.5) is 0 Å². The van der Waals surface area contributed by atoms with Gasteiger partial charge in [0.15, 0.2) is 17.3 Å². The van der Waals surface area contributed by atoms with Crippen LogP contribution in [0.1, 0.15) is 0 Å². The lowest BCUT2D eigenvalue weighted by Crippen LogP contribution is -2.37. The molecule has 0 saturated heterocycles. The van der Waals surface area contributed by atoms with Gasteiger partial charge in [-0.3, -0.25) is 4.79 Å². The topological polar surface area (TPSA) is 73.6 Å². The second-order valence-corrected chi connectivity index (χ2v) is 5.29. The number of benzene rings is 2. The lowest BCUT2D eigenvalue weighted by molar-refractivity contribution is -0.136. The van der Waals surface area contributed by atoms with Crippen LogP contribution in [0.25, 0.3) is 22.6 Å². The van der Waals surface area contributed by atoms with Crippen molar-refractivity contribution >= 4 is 5.91 Å². The Hall–Kier alpha value is -3.28. The van der Waals surface area contributed by atoms with Crippen molar-refractivity contribution in [3.8, 4) is 34.1 Å². The maximum Gasteiger partial charge on any atom is 0.321 e. The Balaban J connectivity index is 1.61. The fourth-order valence-electron chi connectivity index (χ4n) is 2.49. The van der Waals surface area contributed by atoms with Crippen molar-refractivity contribution in [3.63, 3.8) is 0 Å². The summed E-state index contributed by atoms with van der Waals surface area (Å²) in [7, 11) is 1.53. The zero-order valence-electron chi connectivity index (χ0n) is 12.9. The van der Waals surface area contributed by atoms with E-state index in [-0.39, 0.29) is 5.91 Å². The Morgan fingerprint density at radius 1 is 1.00 bits per heavy atom. The lowest BCUT2D eigenvalue weighted by Gasteiger charge is -2.06. The van der Waals surface area contributed by atoms with Crippen LogP contribution in [0.2, 0.25) is 0 Å². The Labute approximate surface area is 138 Å². The molecule has 1 N–H and O–H groups in total. The summed E-state index contributed by atoms with van der Waals surface area (Å²) in [5.74, 6) is 1.30. The predicted octanol–water partition coefficient (Wildman–Crippen LogP) is 2.85. The number of amides is 1. The summed E-state index contributed by atoms with van der Waals surface area (Å²) in [4.78, 5) is 11.6. The summed E-state index contributed by atoms with van der Waals surface area (Å²) >= 11 is 0. The first-order valence-corrected chi connectivity index (χ1v) is 7.46. The third-order valence-corrected chi connectivity index (χ3v) is 3.74. The first kappa shape index (κ1) is 14.3. The molecule has 3 aromatic rings. The van der Waals surface area contributed by atoms with Crippen LogP contribution in [0.15, 0.2) is 59.1 Å². The van der Waals surface area contributed by atoms with Crippen molar-refractivity contribution < 1.29 is 18.8 Å². The minimum atomic E-state index is -0.963. The highest BCUT2D eigenvalue weighted by Gasteiger charge is 2.30. The highest BCUT2D eigenvalue weighted by Crippen LogP contribution is 2.38. The van der Waals surface area contributed by atoms with Gasteiger partial charge < -0.3 is 19.3 Å². The summed E-state index contributed by atoms with van der Waals surface area (Å²) in [5, 5.41) is 6.59. The van der Waals surface area contributed by atoms with Crippen molar-refractivity contribution in [2.45, 2.75) is 6.29 Å². The largest absolute Gasteiger partial charge is 0.442 e. The Bertz CT molecular complexity index is 889. The van der Waals surface area contributed by atoms with Crippen molar-refractivity contribution in [2.75, 3.05) is 7.05 Å². The lowest BCUT2D eigenvalue weighted by atomic mass is 10.1. The van der Waals surface area contributed by atoms with E-state index in [1.807, 2.05) is 42.5 Å². The van der Waals surface area contributed by atoms with E-state index in [0.29, 0.717) is 17.3 Å². The highest BCUT2D eigenvalue weighted by atomic mass is 16.7. The zero-order chi connectivity index (χ0) is 16.5. The molecule has 0 aliphatic carbocycles. The van der Waals surface area contributed by atoms with Crippen LogP contribution in [0.5, 0.6) is 11.5 Å². The third-order valence-electron chi connectivity index (χ3n) is 3.74. The zero-order valence-corrected chi connectivity index (χ0v) is 12.9. The SMILES string of the molecule is CNC(=O)C1Oc2ccc(-c3cc(-c4ccccc4)no3)cc2O1. The normalized spacial score (nSPS) is 15.3. The van der Waals surface area contributed by atoms with Crippen molar-refractivity contribution in [3.05, 3.63) is 54.6 Å². The third kappa shape index (κ3) is 2.48. The minimum absolute atomic E-state index is 0.334. The fraction of sp³-hybridized carbons (Fsp3) is 0.111. The second-order valence-electron chi connectivity index (χ2n) is 5.29. The summed E-state index contributed by atoms with van der Waals surface area (Å²) in [6.45, 7) is 0. The van der Waals surface area contributed by atoms with Gasteiger partial charge in [-0.1, -0.05) is 35.5 Å². The standard InChI is InChI=1S/C18H14N2O4/c1-19-17(21)18-22-14-8-7-12(9-16(14)23-18)15-10-13(20-24-15)11-5-3-2-4-6-11/h2-10,18H,1H3,(H,19,21). The molecule has 24 heavy (non-hydrogen) atoms. The number of aromatic nitrogens is 1. The number of fused-ring (bicyclic) bond motifs is 1. The number of nitrogens with one attached hydrogen (secondary N) is 1. The van der Waals surface area contributed by atoms with E-state index < -0.39 is 6.29 Å². The molecule has 1 atom stereocenters. The molecule has 120 valence electrons. The minimum Gasteiger partial charge on any atom is -0.442 e. The first-order valence-electron chi connectivity index (χ1n) is 7.46.